The Morgan fingerprint density at radius 3 is 2.43 bits per heavy atom. The number of nitrogens with one attached hydrogen (secondary N) is 1. The summed E-state index contributed by atoms with van der Waals surface area (Å²) in [4.78, 5) is 2.09. The predicted octanol–water partition coefficient (Wildman–Crippen LogP) is 4.00. The van der Waals surface area contributed by atoms with Crippen LogP contribution in [0.2, 0.25) is 0 Å². The molecular formula is C18H21N3. The zero-order valence-corrected chi connectivity index (χ0v) is 12.8. The molecular weight excluding hydrogens is 258 g/mol. The molecule has 0 bridgehead atoms. The van der Waals surface area contributed by atoms with Gasteiger partial charge in [0, 0.05) is 24.5 Å². The van der Waals surface area contributed by atoms with Gasteiger partial charge in [-0.15, -0.1) is 0 Å². The van der Waals surface area contributed by atoms with Crippen molar-refractivity contribution in [3.63, 3.8) is 0 Å². The Labute approximate surface area is 126 Å². The third-order valence-electron chi connectivity index (χ3n) is 3.80. The van der Waals surface area contributed by atoms with E-state index in [-0.39, 0.29) is 0 Å². The number of hydrogen-bond donors (Lipinski definition) is 1. The average molecular weight is 279 g/mol. The summed E-state index contributed by atoms with van der Waals surface area (Å²) in [5, 5.41) is 12.3. The highest BCUT2D eigenvalue weighted by molar-refractivity contribution is 5.64. The largest absolute Gasteiger partial charge is 0.345 e. The molecule has 0 saturated heterocycles. The van der Waals surface area contributed by atoms with Crippen molar-refractivity contribution in [1.82, 2.24) is 5.32 Å². The van der Waals surface area contributed by atoms with Crippen LogP contribution < -0.4 is 10.2 Å². The van der Waals surface area contributed by atoms with Crippen molar-refractivity contribution in [3.05, 3.63) is 59.7 Å². The van der Waals surface area contributed by atoms with Crippen LogP contribution in [-0.2, 0) is 0 Å². The number of benzene rings is 2. The quantitative estimate of drug-likeness (QED) is 0.899. The minimum Gasteiger partial charge on any atom is -0.345 e. The molecule has 2 rings (SSSR count). The fourth-order valence-corrected chi connectivity index (χ4v) is 2.47. The van der Waals surface area contributed by atoms with Gasteiger partial charge in [-0.2, -0.15) is 5.26 Å². The summed E-state index contributed by atoms with van der Waals surface area (Å²) in [6.07, 6.45) is 1.07. The van der Waals surface area contributed by atoms with E-state index in [1.165, 1.54) is 5.56 Å². The number of anilines is 2. The Morgan fingerprint density at radius 1 is 1.14 bits per heavy atom. The van der Waals surface area contributed by atoms with Crippen LogP contribution in [-0.4, -0.2) is 14.1 Å². The molecule has 21 heavy (non-hydrogen) atoms. The van der Waals surface area contributed by atoms with Gasteiger partial charge in [0.15, 0.2) is 0 Å². The lowest BCUT2D eigenvalue weighted by Gasteiger charge is -2.21. The molecule has 1 unspecified atom stereocenters. The first-order chi connectivity index (χ1) is 10.2. The van der Waals surface area contributed by atoms with E-state index in [0.29, 0.717) is 11.6 Å². The third-order valence-corrected chi connectivity index (χ3v) is 3.80. The standard InChI is InChI=1S/C18H21N3/c1-4-18(20-2)15-8-10-16(11-9-15)21(3)17-7-5-6-14(12-17)13-19/h5-12,18,20H,4H2,1-3H3. The van der Waals surface area contributed by atoms with E-state index in [1.54, 1.807) is 0 Å². The first-order valence-electron chi connectivity index (χ1n) is 7.20. The number of rotatable bonds is 5. The van der Waals surface area contributed by atoms with Gasteiger partial charge in [0.1, 0.15) is 0 Å². The van der Waals surface area contributed by atoms with Crippen molar-refractivity contribution >= 4 is 11.4 Å². The molecule has 2 aromatic carbocycles. The van der Waals surface area contributed by atoms with Gasteiger partial charge in [-0.05, 0) is 49.4 Å². The first kappa shape index (κ1) is 15.1. The molecule has 1 atom stereocenters. The number of nitriles is 1. The van der Waals surface area contributed by atoms with Gasteiger partial charge in [-0.3, -0.25) is 0 Å². The van der Waals surface area contributed by atoms with Crippen LogP contribution in [0.5, 0.6) is 0 Å². The topological polar surface area (TPSA) is 39.1 Å². The molecule has 1 N–H and O–H groups in total. The van der Waals surface area contributed by atoms with Gasteiger partial charge in [0.2, 0.25) is 0 Å². The van der Waals surface area contributed by atoms with Crippen molar-refractivity contribution in [3.8, 4) is 6.07 Å². The second kappa shape index (κ2) is 6.92. The fraction of sp³-hybridized carbons (Fsp3) is 0.278. The molecule has 0 fully saturated rings. The SMILES string of the molecule is CCC(NC)c1ccc(N(C)c2cccc(C#N)c2)cc1. The molecule has 0 saturated carbocycles. The maximum absolute atomic E-state index is 8.99. The van der Waals surface area contributed by atoms with Crippen LogP contribution in [0.25, 0.3) is 0 Å². The van der Waals surface area contributed by atoms with Crippen LogP contribution in [0.4, 0.5) is 11.4 Å². The van der Waals surface area contributed by atoms with Crippen molar-refractivity contribution in [1.29, 1.82) is 5.26 Å². The van der Waals surface area contributed by atoms with Gasteiger partial charge >= 0.3 is 0 Å². The molecule has 0 aliphatic rings. The summed E-state index contributed by atoms with van der Waals surface area (Å²) < 4.78 is 0. The Morgan fingerprint density at radius 2 is 1.86 bits per heavy atom. The minimum atomic E-state index is 0.395. The second-order valence-electron chi connectivity index (χ2n) is 5.06. The molecule has 0 spiro atoms. The van der Waals surface area contributed by atoms with E-state index in [9.17, 15) is 0 Å². The van der Waals surface area contributed by atoms with Crippen LogP contribution in [0.1, 0.15) is 30.5 Å². The van der Waals surface area contributed by atoms with Crippen molar-refractivity contribution in [2.45, 2.75) is 19.4 Å². The summed E-state index contributed by atoms with van der Waals surface area (Å²) in [6, 6.07) is 18.8. The van der Waals surface area contributed by atoms with Crippen molar-refractivity contribution in [2.75, 3.05) is 19.0 Å². The highest BCUT2D eigenvalue weighted by Gasteiger charge is 2.08. The Kier molecular flexibility index (Phi) is 4.97. The Bertz CT molecular complexity index is 622. The van der Waals surface area contributed by atoms with Gasteiger partial charge in [-0.1, -0.05) is 25.1 Å². The summed E-state index contributed by atoms with van der Waals surface area (Å²) >= 11 is 0. The van der Waals surface area contributed by atoms with Gasteiger partial charge in [0.05, 0.1) is 11.6 Å². The summed E-state index contributed by atoms with van der Waals surface area (Å²) in [6.45, 7) is 2.18. The monoisotopic (exact) mass is 279 g/mol. The summed E-state index contributed by atoms with van der Waals surface area (Å²) in [5.74, 6) is 0. The zero-order valence-electron chi connectivity index (χ0n) is 12.8. The maximum Gasteiger partial charge on any atom is 0.0992 e. The lowest BCUT2D eigenvalue weighted by Crippen LogP contribution is -2.15. The van der Waals surface area contributed by atoms with E-state index in [4.69, 9.17) is 5.26 Å². The van der Waals surface area contributed by atoms with E-state index in [2.05, 4.69) is 47.5 Å². The second-order valence-corrected chi connectivity index (χ2v) is 5.06. The smallest absolute Gasteiger partial charge is 0.0992 e. The average Bonchev–Trinajstić information content (AvgIpc) is 2.56. The first-order valence-corrected chi connectivity index (χ1v) is 7.20. The maximum atomic E-state index is 8.99. The lowest BCUT2D eigenvalue weighted by molar-refractivity contribution is 0.577. The van der Waals surface area contributed by atoms with Crippen LogP contribution >= 0.6 is 0 Å². The molecule has 0 aromatic heterocycles. The fourth-order valence-electron chi connectivity index (χ4n) is 2.47. The summed E-state index contributed by atoms with van der Waals surface area (Å²) in [7, 11) is 4.00. The Balaban J connectivity index is 2.23. The highest BCUT2D eigenvalue weighted by Crippen LogP contribution is 2.26. The van der Waals surface area contributed by atoms with Crippen molar-refractivity contribution < 1.29 is 0 Å². The molecule has 3 nitrogen and oxygen atoms in total. The molecule has 0 heterocycles. The number of nitrogens with zero attached hydrogens (tertiary/aromatic N) is 2. The van der Waals surface area contributed by atoms with E-state index in [1.807, 2.05) is 38.4 Å². The highest BCUT2D eigenvalue weighted by atomic mass is 15.1. The van der Waals surface area contributed by atoms with E-state index >= 15 is 0 Å². The third kappa shape index (κ3) is 3.42. The normalized spacial score (nSPS) is 11.7. The molecule has 108 valence electrons. The molecule has 0 aliphatic heterocycles. The predicted molar refractivity (Wildman–Crippen MR) is 87.8 cm³/mol. The van der Waals surface area contributed by atoms with Crippen LogP contribution in [0.15, 0.2) is 48.5 Å². The molecule has 0 amide bonds. The van der Waals surface area contributed by atoms with Gasteiger partial charge in [0.25, 0.3) is 0 Å². The molecule has 0 radical (unpaired) electrons. The molecule has 3 heteroatoms. The molecule has 0 aliphatic carbocycles. The van der Waals surface area contributed by atoms with Crippen molar-refractivity contribution in [2.24, 2.45) is 0 Å². The van der Waals surface area contributed by atoms with Gasteiger partial charge < -0.3 is 10.2 Å². The van der Waals surface area contributed by atoms with E-state index in [0.717, 1.165) is 17.8 Å². The lowest BCUT2D eigenvalue weighted by atomic mass is 10.0. The van der Waals surface area contributed by atoms with Gasteiger partial charge in [-0.25, -0.2) is 0 Å². The minimum absolute atomic E-state index is 0.395. The van der Waals surface area contributed by atoms with Crippen LogP contribution in [0, 0.1) is 11.3 Å². The van der Waals surface area contributed by atoms with Crippen LogP contribution in [0.3, 0.4) is 0 Å². The number of hydrogen-bond acceptors (Lipinski definition) is 3. The van der Waals surface area contributed by atoms with E-state index < -0.39 is 0 Å². The Hall–Kier alpha value is -2.31. The zero-order chi connectivity index (χ0) is 15.2. The summed E-state index contributed by atoms with van der Waals surface area (Å²) in [5.41, 5.74) is 4.10. The molecule has 2 aromatic rings.